The van der Waals surface area contributed by atoms with Gasteiger partial charge in [-0.3, -0.25) is 9.18 Å². The van der Waals surface area contributed by atoms with E-state index in [2.05, 4.69) is 24.6 Å². The first-order chi connectivity index (χ1) is 22.5. The molecule has 1 N–H and O–H groups in total. The normalized spacial score (nSPS) is 17.6. The molecule has 10 nitrogen and oxygen atoms in total. The van der Waals surface area contributed by atoms with Crippen molar-refractivity contribution < 1.29 is 31.8 Å². The number of nitrogens with zero attached hydrogens (tertiary/aromatic N) is 3. The van der Waals surface area contributed by atoms with E-state index in [1.807, 2.05) is 29.2 Å². The Morgan fingerprint density at radius 3 is 2.64 bits per heavy atom. The molecular weight excluding hydrogens is 644 g/mol. The van der Waals surface area contributed by atoms with Crippen LogP contribution in [0.1, 0.15) is 49.2 Å². The molecular formula is C34H47FN4O6S2. The van der Waals surface area contributed by atoms with Gasteiger partial charge >= 0.3 is 0 Å². The summed E-state index contributed by atoms with van der Waals surface area (Å²) in [6.07, 6.45) is 3.16. The van der Waals surface area contributed by atoms with E-state index in [-0.39, 0.29) is 48.8 Å². The number of halogens is 1. The molecule has 13 heteroatoms. The van der Waals surface area contributed by atoms with Crippen LogP contribution in [0.4, 0.5) is 10.1 Å². The smallest absolute Gasteiger partial charge is 0.243 e. The number of hydrogen-bond acceptors (Lipinski definition) is 9. The lowest BCUT2D eigenvalue weighted by atomic mass is 9.80. The minimum absolute atomic E-state index is 0.114. The van der Waals surface area contributed by atoms with E-state index in [4.69, 9.17) is 19.2 Å². The van der Waals surface area contributed by atoms with Gasteiger partial charge in [0.2, 0.25) is 15.9 Å². The van der Waals surface area contributed by atoms with Crippen LogP contribution in [-0.2, 0) is 48.3 Å². The molecule has 0 unspecified atom stereocenters. The van der Waals surface area contributed by atoms with Crippen LogP contribution in [0.3, 0.4) is 0 Å². The molecule has 3 heterocycles. The van der Waals surface area contributed by atoms with Gasteiger partial charge in [-0.05, 0) is 72.8 Å². The Hall–Kier alpha value is -2.68. The molecule has 3 aromatic rings. The third kappa shape index (κ3) is 8.87. The monoisotopic (exact) mass is 690 g/mol. The Morgan fingerprint density at radius 2 is 1.94 bits per heavy atom. The molecule has 0 spiro atoms. The van der Waals surface area contributed by atoms with Crippen molar-refractivity contribution in [1.82, 2.24) is 14.6 Å². The molecule has 2 aliphatic heterocycles. The standard InChI is InChI=1S/C34H47FN4O6S2/c1-34(2)20-26-17-25(12-16-45-23-44-4)18-30(32(26)39(21-34)22-43-3)47(41,42)37-28(19-31-36-27-7-5-6-8-29(27)46-31)33(40)38-14-10-24(9-13-35)11-15-38/h5-8,17-18,24,28,37H,9-16,19-23H2,1-4H3/t28-/m0/s1. The molecule has 5 rings (SSSR count). The number of likely N-dealkylation sites (tertiary alicyclic amines) is 1. The van der Waals surface area contributed by atoms with Gasteiger partial charge in [0.1, 0.15) is 24.5 Å². The number of aromatic nitrogens is 1. The molecule has 1 amide bonds. The number of alkyl halides is 1. The highest BCUT2D eigenvalue weighted by Crippen LogP contribution is 2.41. The number of amides is 1. The van der Waals surface area contributed by atoms with Crippen LogP contribution in [0, 0.1) is 11.3 Å². The van der Waals surface area contributed by atoms with E-state index < -0.39 is 16.1 Å². The number of benzene rings is 2. The summed E-state index contributed by atoms with van der Waals surface area (Å²) in [4.78, 5) is 22.7. The van der Waals surface area contributed by atoms with Gasteiger partial charge in [0.05, 0.1) is 34.2 Å². The maximum absolute atomic E-state index is 14.6. The maximum Gasteiger partial charge on any atom is 0.243 e. The van der Waals surface area contributed by atoms with E-state index in [9.17, 15) is 17.6 Å². The van der Waals surface area contributed by atoms with Crippen molar-refractivity contribution in [1.29, 1.82) is 0 Å². The maximum atomic E-state index is 14.6. The lowest BCUT2D eigenvalue weighted by Gasteiger charge is -2.41. The minimum Gasteiger partial charge on any atom is -0.364 e. The van der Waals surface area contributed by atoms with Crippen molar-refractivity contribution in [3.63, 3.8) is 0 Å². The number of fused-ring (bicyclic) bond motifs is 2. The van der Waals surface area contributed by atoms with Gasteiger partial charge in [0.15, 0.2) is 0 Å². The molecule has 258 valence electrons. The first-order valence-corrected chi connectivity index (χ1v) is 18.5. The number of sulfonamides is 1. The van der Waals surface area contributed by atoms with Crippen LogP contribution in [-0.4, -0.2) is 90.9 Å². The molecule has 0 saturated carbocycles. The summed E-state index contributed by atoms with van der Waals surface area (Å²) in [5.74, 6) is -0.0685. The SMILES string of the molecule is COCOCCc1cc2c(c(S(=O)(=O)N[C@@H](Cc3nc4ccccc4s3)C(=O)N3CCC(CCF)CC3)c1)N(COC)CC(C)(C)C2. The van der Waals surface area contributed by atoms with Crippen molar-refractivity contribution in [3.8, 4) is 0 Å². The fourth-order valence-corrected chi connectivity index (χ4v) is 9.29. The molecule has 1 saturated heterocycles. The number of rotatable bonds is 15. The van der Waals surface area contributed by atoms with Crippen molar-refractivity contribution in [2.45, 2.75) is 63.3 Å². The van der Waals surface area contributed by atoms with E-state index in [0.29, 0.717) is 69.0 Å². The van der Waals surface area contributed by atoms with Crippen LogP contribution in [0.2, 0.25) is 0 Å². The Kier molecular flexibility index (Phi) is 11.9. The second kappa shape index (κ2) is 15.7. The number of para-hydroxylation sites is 1. The highest BCUT2D eigenvalue weighted by Gasteiger charge is 2.38. The van der Waals surface area contributed by atoms with Gasteiger partial charge in [0.25, 0.3) is 0 Å². The highest BCUT2D eigenvalue weighted by atomic mass is 32.2. The molecule has 1 fully saturated rings. The number of thiazole rings is 1. The molecule has 1 atom stereocenters. The van der Waals surface area contributed by atoms with Crippen LogP contribution < -0.4 is 9.62 Å². The van der Waals surface area contributed by atoms with Gasteiger partial charge in [-0.1, -0.05) is 32.0 Å². The van der Waals surface area contributed by atoms with Gasteiger partial charge < -0.3 is 24.0 Å². The first-order valence-electron chi connectivity index (χ1n) is 16.2. The van der Waals surface area contributed by atoms with E-state index in [1.54, 1.807) is 25.2 Å². The van der Waals surface area contributed by atoms with Crippen LogP contribution in [0.25, 0.3) is 10.2 Å². The van der Waals surface area contributed by atoms with Crippen LogP contribution in [0.5, 0.6) is 0 Å². The summed E-state index contributed by atoms with van der Waals surface area (Å²) in [5, 5.41) is 0.674. The molecule has 1 aromatic heterocycles. The minimum atomic E-state index is -4.23. The fourth-order valence-electron chi connectivity index (χ4n) is 6.77. The summed E-state index contributed by atoms with van der Waals surface area (Å²) in [6, 6.07) is 10.4. The molecule has 2 aromatic carbocycles. The molecule has 47 heavy (non-hydrogen) atoms. The quantitative estimate of drug-likeness (QED) is 0.177. The third-order valence-corrected chi connectivity index (χ3v) is 11.4. The lowest BCUT2D eigenvalue weighted by Crippen LogP contribution is -2.52. The Morgan fingerprint density at radius 1 is 1.17 bits per heavy atom. The molecule has 0 radical (unpaired) electrons. The summed E-state index contributed by atoms with van der Waals surface area (Å²) >= 11 is 1.46. The number of carbonyl (C=O) groups excluding carboxylic acids is 1. The van der Waals surface area contributed by atoms with Gasteiger partial charge in [-0.15, -0.1) is 11.3 Å². The van der Waals surface area contributed by atoms with Crippen molar-refractivity contribution in [2.75, 3.05) is 65.6 Å². The Labute approximate surface area is 281 Å². The van der Waals surface area contributed by atoms with Crippen molar-refractivity contribution in [2.24, 2.45) is 11.3 Å². The average molecular weight is 691 g/mol. The van der Waals surface area contributed by atoms with Crippen LogP contribution >= 0.6 is 11.3 Å². The fraction of sp³-hybridized carbons (Fsp3) is 0.588. The molecule has 0 bridgehead atoms. The summed E-state index contributed by atoms with van der Waals surface area (Å²) in [7, 11) is -1.08. The van der Waals surface area contributed by atoms with Crippen LogP contribution in [0.15, 0.2) is 41.3 Å². The van der Waals surface area contributed by atoms with Gasteiger partial charge in [-0.25, -0.2) is 13.4 Å². The average Bonchev–Trinajstić information content (AvgIpc) is 3.44. The Balaban J connectivity index is 1.51. The number of piperidine rings is 1. The predicted octanol–water partition coefficient (Wildman–Crippen LogP) is 4.94. The van der Waals surface area contributed by atoms with E-state index in [0.717, 1.165) is 21.3 Å². The van der Waals surface area contributed by atoms with Crippen molar-refractivity contribution >= 4 is 43.2 Å². The zero-order valence-corrected chi connectivity index (χ0v) is 29.4. The second-order valence-electron chi connectivity index (χ2n) is 13.3. The number of methoxy groups -OCH3 is 2. The zero-order chi connectivity index (χ0) is 33.6. The number of ether oxygens (including phenoxy) is 3. The number of carbonyl (C=O) groups is 1. The third-order valence-electron chi connectivity index (χ3n) is 8.88. The summed E-state index contributed by atoms with van der Waals surface area (Å²) in [5.41, 5.74) is 3.01. The van der Waals surface area contributed by atoms with E-state index in [1.165, 1.54) is 11.3 Å². The first kappa shape index (κ1) is 35.6. The lowest BCUT2D eigenvalue weighted by molar-refractivity contribution is -0.134. The molecule has 0 aliphatic carbocycles. The van der Waals surface area contributed by atoms with Crippen molar-refractivity contribution in [3.05, 3.63) is 52.5 Å². The Bertz CT molecular complexity index is 1590. The number of hydrogen-bond donors (Lipinski definition) is 1. The number of nitrogens with one attached hydrogen (secondary N) is 1. The number of anilines is 1. The predicted molar refractivity (Wildman–Crippen MR) is 182 cm³/mol. The summed E-state index contributed by atoms with van der Waals surface area (Å²) < 4.78 is 62.1. The largest absolute Gasteiger partial charge is 0.364 e. The zero-order valence-electron chi connectivity index (χ0n) is 27.8. The topological polar surface area (TPSA) is 110 Å². The van der Waals surface area contributed by atoms with Gasteiger partial charge in [-0.2, -0.15) is 4.72 Å². The highest BCUT2D eigenvalue weighted by molar-refractivity contribution is 7.89. The molecule has 2 aliphatic rings. The van der Waals surface area contributed by atoms with Gasteiger partial charge in [0, 0.05) is 40.3 Å². The van der Waals surface area contributed by atoms with E-state index >= 15 is 0 Å². The summed E-state index contributed by atoms with van der Waals surface area (Å²) in [6.45, 7) is 6.19. The second-order valence-corrected chi connectivity index (χ2v) is 16.1.